The number of carboxylic acids is 1. The molecule has 3 aromatic rings. The molecule has 0 fully saturated rings. The van der Waals surface area contributed by atoms with E-state index in [1.54, 1.807) is 23.9 Å². The summed E-state index contributed by atoms with van der Waals surface area (Å²) in [5, 5.41) is 8.72. The smallest absolute Gasteiger partial charge is 0.416 e. The molecule has 3 aromatic carbocycles. The number of halogens is 4. The molecule has 0 radical (unpaired) electrons. The number of carboxylic acid groups (broad SMARTS) is 1. The molecule has 0 aromatic heterocycles. The van der Waals surface area contributed by atoms with Crippen molar-refractivity contribution in [3.63, 3.8) is 0 Å². The van der Waals surface area contributed by atoms with Crippen molar-refractivity contribution in [2.45, 2.75) is 11.1 Å². The van der Waals surface area contributed by atoms with E-state index in [9.17, 15) is 18.0 Å². The van der Waals surface area contributed by atoms with Crippen molar-refractivity contribution < 1.29 is 27.8 Å². The third kappa shape index (κ3) is 6.77. The van der Waals surface area contributed by atoms with Crippen LogP contribution in [-0.4, -0.2) is 23.4 Å². The molecule has 0 heterocycles. The summed E-state index contributed by atoms with van der Waals surface area (Å²) in [6.45, 7) is -0.404. The van der Waals surface area contributed by atoms with E-state index in [1.165, 1.54) is 12.1 Å². The van der Waals surface area contributed by atoms with Crippen LogP contribution in [-0.2, 0) is 11.0 Å². The Morgan fingerprint density at radius 1 is 1.00 bits per heavy atom. The van der Waals surface area contributed by atoms with Crippen molar-refractivity contribution >= 4 is 45.9 Å². The van der Waals surface area contributed by atoms with Gasteiger partial charge in [0, 0.05) is 14.2 Å². The molecule has 0 saturated heterocycles. The maximum atomic E-state index is 12.9. The van der Waals surface area contributed by atoms with Gasteiger partial charge in [-0.15, -0.1) is 11.8 Å². The second kappa shape index (κ2) is 10.9. The Morgan fingerprint density at radius 2 is 1.66 bits per heavy atom. The van der Waals surface area contributed by atoms with Gasteiger partial charge in [0.1, 0.15) is 5.75 Å². The normalized spacial score (nSPS) is 11.9. The summed E-state index contributed by atoms with van der Waals surface area (Å²) in [4.78, 5) is 11.6. The molecule has 3 nitrogen and oxygen atoms in total. The molecule has 3 rings (SSSR count). The van der Waals surface area contributed by atoms with Crippen LogP contribution in [0.15, 0.2) is 83.8 Å². The zero-order chi connectivity index (χ0) is 23.1. The Labute approximate surface area is 201 Å². The number of thioether (sulfide) groups is 1. The van der Waals surface area contributed by atoms with Crippen molar-refractivity contribution in [1.29, 1.82) is 0 Å². The molecule has 0 aliphatic heterocycles. The van der Waals surface area contributed by atoms with Crippen LogP contribution < -0.4 is 4.74 Å². The van der Waals surface area contributed by atoms with Crippen molar-refractivity contribution in [3.05, 3.63) is 99.1 Å². The third-order valence-electron chi connectivity index (χ3n) is 4.40. The van der Waals surface area contributed by atoms with Gasteiger partial charge in [0.25, 0.3) is 0 Å². The lowest BCUT2D eigenvalue weighted by atomic mass is 9.97. The van der Waals surface area contributed by atoms with Gasteiger partial charge < -0.3 is 9.84 Å². The third-order valence-corrected chi connectivity index (χ3v) is 6.66. The maximum absolute atomic E-state index is 12.9. The number of ether oxygens (including phenoxy) is 1. The molecule has 32 heavy (non-hydrogen) atoms. The van der Waals surface area contributed by atoms with Crippen molar-refractivity contribution in [1.82, 2.24) is 0 Å². The lowest BCUT2D eigenvalue weighted by Gasteiger charge is -2.12. The lowest BCUT2D eigenvalue weighted by Crippen LogP contribution is -2.09. The zero-order valence-electron chi connectivity index (χ0n) is 16.6. The highest BCUT2D eigenvalue weighted by molar-refractivity contribution is 14.1. The minimum absolute atomic E-state index is 0.404. The molecule has 0 aliphatic carbocycles. The van der Waals surface area contributed by atoms with Crippen molar-refractivity contribution in [3.8, 4) is 5.75 Å². The first-order valence-electron chi connectivity index (χ1n) is 9.44. The SMILES string of the molecule is O=C(O)COc1ccc(SC/C=C(/c2ccccc2)c2ccc(C(F)(F)F)cc2)c(I)c1. The van der Waals surface area contributed by atoms with E-state index in [0.29, 0.717) is 17.1 Å². The lowest BCUT2D eigenvalue weighted by molar-refractivity contribution is -0.139. The number of carbonyl (C=O) groups is 1. The predicted molar refractivity (Wildman–Crippen MR) is 128 cm³/mol. The summed E-state index contributed by atoms with van der Waals surface area (Å²) >= 11 is 3.73. The fourth-order valence-electron chi connectivity index (χ4n) is 2.91. The summed E-state index contributed by atoms with van der Waals surface area (Å²) in [6, 6.07) is 20.0. The highest BCUT2D eigenvalue weighted by atomic mass is 127. The summed E-state index contributed by atoms with van der Waals surface area (Å²) < 4.78 is 44.9. The van der Waals surface area contributed by atoms with Gasteiger partial charge in [0.2, 0.25) is 0 Å². The first-order chi connectivity index (χ1) is 15.2. The van der Waals surface area contributed by atoms with Crippen LogP contribution in [0.4, 0.5) is 13.2 Å². The zero-order valence-corrected chi connectivity index (χ0v) is 19.6. The molecule has 0 aliphatic rings. The van der Waals surface area contributed by atoms with Crippen LogP contribution in [0, 0.1) is 3.57 Å². The molecule has 166 valence electrons. The quantitative estimate of drug-likeness (QED) is 0.234. The van der Waals surface area contributed by atoms with Crippen LogP contribution in [0.2, 0.25) is 0 Å². The molecule has 0 amide bonds. The monoisotopic (exact) mass is 570 g/mol. The summed E-state index contributed by atoms with van der Waals surface area (Å²) in [7, 11) is 0. The second-order valence-corrected chi connectivity index (χ2v) is 8.87. The molecule has 0 spiro atoms. The Hall–Kier alpha value is -2.46. The number of aliphatic carboxylic acids is 1. The average molecular weight is 570 g/mol. The van der Waals surface area contributed by atoms with Crippen molar-refractivity contribution in [2.24, 2.45) is 0 Å². The van der Waals surface area contributed by atoms with E-state index in [1.807, 2.05) is 42.5 Å². The van der Waals surface area contributed by atoms with E-state index < -0.39 is 24.3 Å². The van der Waals surface area contributed by atoms with Gasteiger partial charge in [0.15, 0.2) is 6.61 Å². The summed E-state index contributed by atoms with van der Waals surface area (Å²) in [5.74, 6) is 0.0306. The van der Waals surface area contributed by atoms with Crippen LogP contribution in [0.3, 0.4) is 0 Å². The van der Waals surface area contributed by atoms with Crippen LogP contribution in [0.1, 0.15) is 16.7 Å². The topological polar surface area (TPSA) is 46.5 Å². The van der Waals surface area contributed by atoms with Crippen LogP contribution in [0.5, 0.6) is 5.75 Å². The van der Waals surface area contributed by atoms with E-state index in [0.717, 1.165) is 31.7 Å². The maximum Gasteiger partial charge on any atom is 0.416 e. The Morgan fingerprint density at radius 3 is 2.25 bits per heavy atom. The molecular weight excluding hydrogens is 552 g/mol. The van der Waals surface area contributed by atoms with Gasteiger partial charge in [-0.2, -0.15) is 13.2 Å². The molecule has 8 heteroatoms. The summed E-state index contributed by atoms with van der Waals surface area (Å²) in [6.07, 6.45) is -2.38. The first-order valence-corrected chi connectivity index (χ1v) is 11.5. The second-order valence-electron chi connectivity index (χ2n) is 6.64. The fraction of sp³-hybridized carbons (Fsp3) is 0.125. The number of rotatable bonds is 8. The molecule has 0 saturated carbocycles. The molecular formula is C24H18F3IO3S. The Kier molecular flexibility index (Phi) is 8.25. The average Bonchev–Trinajstić information content (AvgIpc) is 2.76. The van der Waals surface area contributed by atoms with E-state index in [-0.39, 0.29) is 0 Å². The van der Waals surface area contributed by atoms with Crippen molar-refractivity contribution in [2.75, 3.05) is 12.4 Å². The van der Waals surface area contributed by atoms with Gasteiger partial charge in [-0.25, -0.2) is 4.79 Å². The number of hydrogen-bond acceptors (Lipinski definition) is 3. The number of hydrogen-bond donors (Lipinski definition) is 1. The van der Waals surface area contributed by atoms with Crippen LogP contribution in [0.25, 0.3) is 5.57 Å². The Balaban J connectivity index is 1.79. The van der Waals surface area contributed by atoms with E-state index in [4.69, 9.17) is 9.84 Å². The standard InChI is InChI=1S/C24H18F3IO3S/c25-24(26,27)18-8-6-17(7-9-18)20(16-4-2-1-3-5-16)12-13-32-22-11-10-19(14-21(22)28)31-15-23(29)30/h1-12,14H,13,15H2,(H,29,30)/b20-12-. The number of alkyl halides is 3. The van der Waals surface area contributed by atoms with Gasteiger partial charge in [0.05, 0.1) is 5.56 Å². The van der Waals surface area contributed by atoms with Gasteiger partial charge >= 0.3 is 12.1 Å². The Bertz CT molecular complexity index is 1100. The highest BCUT2D eigenvalue weighted by Crippen LogP contribution is 2.33. The molecule has 1 N–H and O–H groups in total. The van der Waals surface area contributed by atoms with Gasteiger partial charge in [-0.05, 0) is 69.6 Å². The molecule has 0 unspecified atom stereocenters. The van der Waals surface area contributed by atoms with Crippen LogP contribution >= 0.6 is 34.4 Å². The summed E-state index contributed by atoms with van der Waals surface area (Å²) in [5.41, 5.74) is 1.79. The first kappa shape index (κ1) is 24.2. The predicted octanol–water partition coefficient (Wildman–Crippen LogP) is 7.00. The molecule has 0 bridgehead atoms. The van der Waals surface area contributed by atoms with E-state index >= 15 is 0 Å². The largest absolute Gasteiger partial charge is 0.482 e. The van der Waals surface area contributed by atoms with Gasteiger partial charge in [-0.3, -0.25) is 0 Å². The van der Waals surface area contributed by atoms with E-state index in [2.05, 4.69) is 22.6 Å². The minimum Gasteiger partial charge on any atom is -0.482 e. The molecule has 0 atom stereocenters. The fourth-order valence-corrected chi connectivity index (χ4v) is 4.65. The minimum atomic E-state index is -4.37. The number of benzene rings is 3. The van der Waals surface area contributed by atoms with Gasteiger partial charge in [-0.1, -0.05) is 48.5 Å². The highest BCUT2D eigenvalue weighted by Gasteiger charge is 2.30.